The molecular formula is C23H31F2N5O2. The van der Waals surface area contributed by atoms with E-state index in [1.807, 2.05) is 32.4 Å². The lowest BCUT2D eigenvalue weighted by Crippen LogP contribution is -2.48. The van der Waals surface area contributed by atoms with Crippen LogP contribution in [0.25, 0.3) is 0 Å². The quantitative estimate of drug-likeness (QED) is 0.783. The number of rotatable bonds is 3. The van der Waals surface area contributed by atoms with Crippen LogP contribution in [-0.2, 0) is 29.6 Å². The molecule has 3 unspecified atom stereocenters. The zero-order chi connectivity index (χ0) is 23.0. The van der Waals surface area contributed by atoms with Gasteiger partial charge in [-0.3, -0.25) is 4.90 Å². The average molecular weight is 448 g/mol. The van der Waals surface area contributed by atoms with E-state index in [1.165, 1.54) is 6.07 Å². The van der Waals surface area contributed by atoms with Gasteiger partial charge in [0.15, 0.2) is 5.82 Å². The number of aliphatic imine (C=N–C) groups is 1. The molecule has 0 amide bonds. The van der Waals surface area contributed by atoms with Gasteiger partial charge in [0.05, 0.1) is 24.0 Å². The van der Waals surface area contributed by atoms with Gasteiger partial charge in [0, 0.05) is 37.8 Å². The van der Waals surface area contributed by atoms with Crippen LogP contribution in [0.1, 0.15) is 56.1 Å². The molecule has 1 aromatic carbocycles. The SMILES string of the molecule is CC.CC1COC(c2nc3c(n2C)CN(C2CO[C@H](c4cc(F)ccc4F)C(N)C2)C3)=N1. The third-order valence-electron chi connectivity index (χ3n) is 6.17. The molecule has 4 atom stereocenters. The van der Waals surface area contributed by atoms with Crippen molar-refractivity contribution in [1.29, 1.82) is 0 Å². The molecule has 0 radical (unpaired) electrons. The van der Waals surface area contributed by atoms with E-state index in [-0.39, 0.29) is 17.6 Å². The number of nitrogens with zero attached hydrogens (tertiary/aromatic N) is 4. The second kappa shape index (κ2) is 9.25. The normalized spacial score (nSPS) is 27.4. The fourth-order valence-corrected chi connectivity index (χ4v) is 4.55. The van der Waals surface area contributed by atoms with Gasteiger partial charge in [-0.1, -0.05) is 13.8 Å². The molecule has 7 nitrogen and oxygen atoms in total. The highest BCUT2D eigenvalue weighted by molar-refractivity contribution is 5.92. The van der Waals surface area contributed by atoms with Crippen LogP contribution in [0.4, 0.5) is 8.78 Å². The second-order valence-corrected chi connectivity index (χ2v) is 8.36. The number of imidazole rings is 1. The fraction of sp³-hybridized carbons (Fsp3) is 0.565. The summed E-state index contributed by atoms with van der Waals surface area (Å²) in [6, 6.07) is 3.21. The number of benzene rings is 1. The van der Waals surface area contributed by atoms with Crippen molar-refractivity contribution in [1.82, 2.24) is 14.5 Å². The molecule has 0 bridgehead atoms. The zero-order valence-electron chi connectivity index (χ0n) is 19.0. The molecule has 2 aromatic rings. The summed E-state index contributed by atoms with van der Waals surface area (Å²) < 4.78 is 41.3. The van der Waals surface area contributed by atoms with Gasteiger partial charge < -0.3 is 19.8 Å². The van der Waals surface area contributed by atoms with Crippen molar-refractivity contribution in [2.45, 2.75) is 64.5 Å². The van der Waals surface area contributed by atoms with Gasteiger partial charge in [-0.05, 0) is 31.5 Å². The van der Waals surface area contributed by atoms with E-state index in [0.717, 1.165) is 35.9 Å². The van der Waals surface area contributed by atoms with E-state index in [1.54, 1.807) is 0 Å². The zero-order valence-corrected chi connectivity index (χ0v) is 19.0. The summed E-state index contributed by atoms with van der Waals surface area (Å²) in [6.45, 7) is 8.42. The van der Waals surface area contributed by atoms with Crippen LogP contribution >= 0.6 is 0 Å². The first kappa shape index (κ1) is 22.8. The monoisotopic (exact) mass is 447 g/mol. The van der Waals surface area contributed by atoms with Gasteiger partial charge in [-0.25, -0.2) is 18.8 Å². The summed E-state index contributed by atoms with van der Waals surface area (Å²) in [7, 11) is 1.98. The van der Waals surface area contributed by atoms with Crippen LogP contribution in [0.2, 0.25) is 0 Å². The number of hydrogen-bond acceptors (Lipinski definition) is 6. The highest BCUT2D eigenvalue weighted by Crippen LogP contribution is 2.34. The topological polar surface area (TPSA) is 77.9 Å². The first-order chi connectivity index (χ1) is 15.4. The highest BCUT2D eigenvalue weighted by atomic mass is 19.1. The van der Waals surface area contributed by atoms with E-state index >= 15 is 0 Å². The maximum atomic E-state index is 14.2. The summed E-state index contributed by atoms with van der Waals surface area (Å²) in [4.78, 5) is 11.5. The Balaban J connectivity index is 0.00000119. The predicted octanol–water partition coefficient (Wildman–Crippen LogP) is 3.06. The van der Waals surface area contributed by atoms with E-state index in [4.69, 9.17) is 20.2 Å². The Morgan fingerprint density at radius 1 is 1.16 bits per heavy atom. The lowest BCUT2D eigenvalue weighted by Gasteiger charge is -2.38. The van der Waals surface area contributed by atoms with Gasteiger partial charge in [0.25, 0.3) is 5.90 Å². The van der Waals surface area contributed by atoms with Crippen molar-refractivity contribution in [3.63, 3.8) is 0 Å². The Kier molecular flexibility index (Phi) is 6.60. The number of ether oxygens (including phenoxy) is 2. The summed E-state index contributed by atoms with van der Waals surface area (Å²) >= 11 is 0. The lowest BCUT2D eigenvalue weighted by atomic mass is 9.93. The molecule has 1 saturated heterocycles. The Bertz CT molecular complexity index is 1010. The van der Waals surface area contributed by atoms with Gasteiger partial charge in [0.2, 0.25) is 0 Å². The predicted molar refractivity (Wildman–Crippen MR) is 117 cm³/mol. The molecule has 0 saturated carbocycles. The van der Waals surface area contributed by atoms with E-state index in [9.17, 15) is 8.78 Å². The van der Waals surface area contributed by atoms with E-state index in [2.05, 4.69) is 9.89 Å². The minimum atomic E-state index is -0.647. The fourth-order valence-electron chi connectivity index (χ4n) is 4.55. The van der Waals surface area contributed by atoms with Crippen LogP contribution in [0.3, 0.4) is 0 Å². The molecule has 3 aliphatic heterocycles. The third kappa shape index (κ3) is 4.16. The molecule has 1 fully saturated rings. The summed E-state index contributed by atoms with van der Waals surface area (Å²) in [5.74, 6) is 0.384. The van der Waals surface area contributed by atoms with Crippen molar-refractivity contribution in [3.8, 4) is 0 Å². The Hall–Kier alpha value is -2.36. The molecule has 4 heterocycles. The Morgan fingerprint density at radius 2 is 1.94 bits per heavy atom. The molecule has 9 heteroatoms. The van der Waals surface area contributed by atoms with Gasteiger partial charge >= 0.3 is 0 Å². The highest BCUT2D eigenvalue weighted by Gasteiger charge is 2.38. The summed E-state index contributed by atoms with van der Waals surface area (Å²) in [5.41, 5.74) is 8.64. The number of nitrogens with two attached hydrogens (primary N) is 1. The molecule has 2 N–H and O–H groups in total. The van der Waals surface area contributed by atoms with Crippen molar-refractivity contribution < 1.29 is 18.3 Å². The van der Waals surface area contributed by atoms with E-state index < -0.39 is 23.8 Å². The first-order valence-electron chi connectivity index (χ1n) is 11.2. The molecular weight excluding hydrogens is 416 g/mol. The molecule has 174 valence electrons. The summed E-state index contributed by atoms with van der Waals surface area (Å²) in [5, 5.41) is 0. The number of aromatic nitrogens is 2. The third-order valence-corrected chi connectivity index (χ3v) is 6.17. The second-order valence-electron chi connectivity index (χ2n) is 8.36. The minimum absolute atomic E-state index is 0.0885. The average Bonchev–Trinajstić information content (AvgIpc) is 3.47. The van der Waals surface area contributed by atoms with Crippen molar-refractivity contribution in [2.75, 3.05) is 13.2 Å². The first-order valence-corrected chi connectivity index (χ1v) is 11.2. The number of hydrogen-bond donors (Lipinski definition) is 1. The smallest absolute Gasteiger partial charge is 0.253 e. The molecule has 5 rings (SSSR count). The molecule has 32 heavy (non-hydrogen) atoms. The Morgan fingerprint density at radius 3 is 2.59 bits per heavy atom. The maximum Gasteiger partial charge on any atom is 0.253 e. The van der Waals surface area contributed by atoms with Crippen LogP contribution < -0.4 is 5.73 Å². The summed E-state index contributed by atoms with van der Waals surface area (Å²) in [6.07, 6.45) is -0.0133. The number of fused-ring (bicyclic) bond motifs is 1. The van der Waals surface area contributed by atoms with Gasteiger partial charge in [-0.2, -0.15) is 0 Å². The van der Waals surface area contributed by atoms with Crippen LogP contribution in [0.5, 0.6) is 0 Å². The number of halogens is 2. The van der Waals surface area contributed by atoms with E-state index in [0.29, 0.717) is 32.1 Å². The van der Waals surface area contributed by atoms with Crippen LogP contribution in [-0.4, -0.2) is 51.7 Å². The van der Waals surface area contributed by atoms with Crippen molar-refractivity contribution >= 4 is 5.90 Å². The standard InChI is InChI=1S/C21H25F2N5O2.C2H6/c1-11-9-30-21(25-11)20-26-17-7-28(8-18(17)27(20)2)13-6-16(24)19(29-10-13)14-5-12(22)3-4-15(14)23;1-2/h3-5,11,13,16,19H,6-10,24H2,1-2H3;1-2H3/t11?,13?,16?,19-;/m1./s1. The molecule has 0 spiro atoms. The van der Waals surface area contributed by atoms with Crippen molar-refractivity contribution in [3.05, 3.63) is 52.6 Å². The molecule has 0 aliphatic carbocycles. The van der Waals surface area contributed by atoms with Crippen LogP contribution in [0.15, 0.2) is 23.2 Å². The largest absolute Gasteiger partial charge is 0.473 e. The molecule has 3 aliphatic rings. The van der Waals surface area contributed by atoms with Gasteiger partial charge in [-0.15, -0.1) is 0 Å². The maximum absolute atomic E-state index is 14.2. The minimum Gasteiger partial charge on any atom is -0.473 e. The Labute approximate surface area is 187 Å². The van der Waals surface area contributed by atoms with Gasteiger partial charge in [0.1, 0.15) is 24.3 Å². The van der Waals surface area contributed by atoms with Crippen LogP contribution in [0, 0.1) is 11.6 Å². The van der Waals surface area contributed by atoms with Crippen molar-refractivity contribution in [2.24, 2.45) is 17.8 Å². The molecule has 1 aromatic heterocycles. The lowest BCUT2D eigenvalue weighted by molar-refractivity contribution is -0.0535.